The molecule has 1 atom stereocenters. The topological polar surface area (TPSA) is 52.7 Å². The molecule has 0 aromatic rings. The highest BCUT2D eigenvalue weighted by molar-refractivity contribution is 5.83. The number of nitrogens with zero attached hydrogens (tertiary/aromatic N) is 2. The van der Waals surface area contributed by atoms with Gasteiger partial charge in [0.05, 0.1) is 6.04 Å². The van der Waals surface area contributed by atoms with Gasteiger partial charge in [0.2, 0.25) is 11.8 Å². The van der Waals surface area contributed by atoms with Crippen LogP contribution >= 0.6 is 0 Å². The first-order chi connectivity index (χ1) is 7.52. The zero-order chi connectivity index (χ0) is 12.1. The Bertz CT molecular complexity index is 266. The van der Waals surface area contributed by atoms with Crippen LogP contribution in [0.2, 0.25) is 0 Å². The molecule has 1 fully saturated rings. The van der Waals surface area contributed by atoms with Gasteiger partial charge in [-0.25, -0.2) is 0 Å². The number of nitrogens with one attached hydrogen (secondary N) is 1. The van der Waals surface area contributed by atoms with Crippen molar-refractivity contribution in [3.05, 3.63) is 0 Å². The fraction of sp³-hybridized carbons (Fsp3) is 0.818. The summed E-state index contributed by atoms with van der Waals surface area (Å²) in [6.45, 7) is 1.55. The van der Waals surface area contributed by atoms with Crippen molar-refractivity contribution in [3.63, 3.8) is 0 Å². The van der Waals surface area contributed by atoms with Gasteiger partial charge >= 0.3 is 0 Å². The minimum atomic E-state index is -0.0422. The van der Waals surface area contributed by atoms with Crippen molar-refractivity contribution < 1.29 is 9.59 Å². The lowest BCUT2D eigenvalue weighted by molar-refractivity contribution is -0.128. The maximum absolute atomic E-state index is 11.5. The van der Waals surface area contributed by atoms with E-state index in [1.807, 2.05) is 7.05 Å². The van der Waals surface area contributed by atoms with Crippen LogP contribution in [0.25, 0.3) is 0 Å². The molecule has 0 aliphatic carbocycles. The molecule has 5 heteroatoms. The van der Waals surface area contributed by atoms with Crippen LogP contribution in [0.1, 0.15) is 19.3 Å². The molecular weight excluding hydrogens is 206 g/mol. The first kappa shape index (κ1) is 13.0. The average Bonchev–Trinajstić information content (AvgIpc) is 2.55. The van der Waals surface area contributed by atoms with Crippen molar-refractivity contribution in [1.29, 1.82) is 0 Å². The van der Waals surface area contributed by atoms with Gasteiger partial charge in [-0.15, -0.1) is 0 Å². The van der Waals surface area contributed by atoms with E-state index in [1.54, 1.807) is 23.9 Å². The van der Waals surface area contributed by atoms with Gasteiger partial charge in [0, 0.05) is 34.1 Å². The van der Waals surface area contributed by atoms with E-state index < -0.39 is 0 Å². The average molecular weight is 227 g/mol. The van der Waals surface area contributed by atoms with Gasteiger partial charge in [-0.2, -0.15) is 0 Å². The van der Waals surface area contributed by atoms with E-state index in [4.69, 9.17) is 0 Å². The summed E-state index contributed by atoms with van der Waals surface area (Å²) in [6, 6.07) is -0.0422. The number of amides is 2. The van der Waals surface area contributed by atoms with Crippen molar-refractivity contribution in [2.45, 2.75) is 25.3 Å². The monoisotopic (exact) mass is 227 g/mol. The van der Waals surface area contributed by atoms with E-state index in [9.17, 15) is 9.59 Å². The van der Waals surface area contributed by atoms with E-state index in [1.165, 1.54) is 0 Å². The first-order valence-electron chi connectivity index (χ1n) is 5.71. The summed E-state index contributed by atoms with van der Waals surface area (Å²) < 4.78 is 0. The molecule has 0 spiro atoms. The van der Waals surface area contributed by atoms with Gasteiger partial charge in [-0.1, -0.05) is 0 Å². The van der Waals surface area contributed by atoms with E-state index in [2.05, 4.69) is 5.32 Å². The number of rotatable bonds is 5. The molecule has 0 saturated carbocycles. The summed E-state index contributed by atoms with van der Waals surface area (Å²) in [6.07, 6.45) is 2.19. The molecule has 1 N–H and O–H groups in total. The molecule has 2 amide bonds. The number of likely N-dealkylation sites (N-methyl/N-ethyl adjacent to an activating group) is 1. The molecule has 0 radical (unpaired) electrons. The summed E-state index contributed by atoms with van der Waals surface area (Å²) in [5, 5.41) is 3.19. The van der Waals surface area contributed by atoms with Crippen molar-refractivity contribution in [2.75, 3.05) is 34.2 Å². The van der Waals surface area contributed by atoms with Gasteiger partial charge in [0.25, 0.3) is 0 Å². The smallest absolute Gasteiger partial charge is 0.239 e. The largest absolute Gasteiger partial charge is 0.349 e. The summed E-state index contributed by atoms with van der Waals surface area (Å²) in [7, 11) is 5.33. The summed E-state index contributed by atoms with van der Waals surface area (Å²) in [5.41, 5.74) is 0. The predicted molar refractivity (Wildman–Crippen MR) is 62.0 cm³/mol. The zero-order valence-electron chi connectivity index (χ0n) is 10.3. The molecule has 16 heavy (non-hydrogen) atoms. The van der Waals surface area contributed by atoms with Crippen molar-refractivity contribution in [1.82, 2.24) is 15.1 Å². The standard InChI is InChI=1S/C11H21N3O2/c1-13(2)10(15)5-4-7-12-9-6-8-14(3)11(9)16/h9,12H,4-8H2,1-3H3. The molecule has 92 valence electrons. The van der Waals surface area contributed by atoms with Crippen LogP contribution < -0.4 is 5.32 Å². The highest BCUT2D eigenvalue weighted by Gasteiger charge is 2.27. The molecule has 0 aromatic carbocycles. The lowest BCUT2D eigenvalue weighted by Gasteiger charge is -2.13. The van der Waals surface area contributed by atoms with Crippen LogP contribution in [0, 0.1) is 0 Å². The van der Waals surface area contributed by atoms with Gasteiger partial charge in [0.15, 0.2) is 0 Å². The predicted octanol–water partition coefficient (Wildman–Crippen LogP) is -0.325. The summed E-state index contributed by atoms with van der Waals surface area (Å²) in [5.74, 6) is 0.301. The van der Waals surface area contributed by atoms with Crippen molar-refractivity contribution in [2.24, 2.45) is 0 Å². The Labute approximate surface area is 96.8 Å². The van der Waals surface area contributed by atoms with Gasteiger partial charge < -0.3 is 15.1 Å². The fourth-order valence-electron chi connectivity index (χ4n) is 1.75. The Morgan fingerprint density at radius 1 is 1.56 bits per heavy atom. The molecular formula is C11H21N3O2. The second-order valence-corrected chi connectivity index (χ2v) is 4.45. The van der Waals surface area contributed by atoms with Crippen LogP contribution in [0.5, 0.6) is 0 Å². The Morgan fingerprint density at radius 2 is 2.25 bits per heavy atom. The second kappa shape index (κ2) is 5.84. The third-order valence-electron chi connectivity index (χ3n) is 2.88. The Balaban J connectivity index is 2.12. The van der Waals surface area contributed by atoms with Crippen LogP contribution in [0.3, 0.4) is 0 Å². The van der Waals surface area contributed by atoms with E-state index in [0.717, 1.165) is 25.9 Å². The van der Waals surface area contributed by atoms with Gasteiger partial charge in [-0.05, 0) is 19.4 Å². The molecule has 1 aliphatic rings. The van der Waals surface area contributed by atoms with E-state index in [-0.39, 0.29) is 17.9 Å². The Kier molecular flexibility index (Phi) is 4.73. The Hall–Kier alpha value is -1.10. The molecule has 1 aliphatic heterocycles. The number of hydrogen-bond acceptors (Lipinski definition) is 3. The third kappa shape index (κ3) is 3.48. The van der Waals surface area contributed by atoms with Crippen molar-refractivity contribution in [3.8, 4) is 0 Å². The molecule has 1 rings (SSSR count). The summed E-state index contributed by atoms with van der Waals surface area (Å²) in [4.78, 5) is 26.1. The van der Waals surface area contributed by atoms with Gasteiger partial charge in [0.1, 0.15) is 0 Å². The molecule has 0 bridgehead atoms. The fourth-order valence-corrected chi connectivity index (χ4v) is 1.75. The maximum Gasteiger partial charge on any atom is 0.239 e. The summed E-state index contributed by atoms with van der Waals surface area (Å²) >= 11 is 0. The highest BCUT2D eigenvalue weighted by Crippen LogP contribution is 2.08. The minimum absolute atomic E-state index is 0.0422. The van der Waals surface area contributed by atoms with E-state index >= 15 is 0 Å². The molecule has 1 heterocycles. The number of likely N-dealkylation sites (tertiary alicyclic amines) is 1. The second-order valence-electron chi connectivity index (χ2n) is 4.45. The quantitative estimate of drug-likeness (QED) is 0.655. The molecule has 1 saturated heterocycles. The van der Waals surface area contributed by atoms with Crippen molar-refractivity contribution >= 4 is 11.8 Å². The zero-order valence-corrected chi connectivity index (χ0v) is 10.3. The molecule has 1 unspecified atom stereocenters. The molecule has 5 nitrogen and oxygen atoms in total. The third-order valence-corrected chi connectivity index (χ3v) is 2.88. The SMILES string of the molecule is CN(C)C(=O)CCCNC1CCN(C)C1=O. The maximum atomic E-state index is 11.5. The van der Waals surface area contributed by atoms with Crippen LogP contribution in [0.4, 0.5) is 0 Å². The number of hydrogen-bond donors (Lipinski definition) is 1. The van der Waals surface area contributed by atoms with Crippen LogP contribution in [-0.2, 0) is 9.59 Å². The number of carbonyl (C=O) groups excluding carboxylic acids is 2. The lowest BCUT2D eigenvalue weighted by Crippen LogP contribution is -2.37. The van der Waals surface area contributed by atoms with E-state index in [0.29, 0.717) is 6.42 Å². The molecule has 0 aromatic heterocycles. The Morgan fingerprint density at radius 3 is 2.75 bits per heavy atom. The highest BCUT2D eigenvalue weighted by atomic mass is 16.2. The lowest BCUT2D eigenvalue weighted by atomic mass is 10.2. The normalized spacial score (nSPS) is 20.3. The minimum Gasteiger partial charge on any atom is -0.349 e. The first-order valence-corrected chi connectivity index (χ1v) is 5.71. The van der Waals surface area contributed by atoms with Gasteiger partial charge in [-0.3, -0.25) is 9.59 Å². The van der Waals surface area contributed by atoms with Crippen LogP contribution in [0.15, 0.2) is 0 Å². The van der Waals surface area contributed by atoms with Crippen LogP contribution in [-0.4, -0.2) is 61.9 Å². The number of carbonyl (C=O) groups is 2.